The lowest BCUT2D eigenvalue weighted by Gasteiger charge is -2.62. The molecule has 4 fully saturated rings. The maximum atomic E-state index is 12.0. The number of esters is 3. The monoisotopic (exact) mass is 434 g/mol. The SMILES string of the molecule is CC(=O)O[C@@H]1CC[C@]2(C)[C@@H]3CC[C@]4(C)C[C@H](OC(C)=O)C[C@@H]4[C@@H]3C[C@H](OC(C)=O)[C@H]2C1. The average molecular weight is 435 g/mol. The summed E-state index contributed by atoms with van der Waals surface area (Å²) >= 11 is 0. The number of carbonyl (C=O) groups is 3. The molecule has 0 saturated heterocycles. The fourth-order valence-corrected chi connectivity index (χ4v) is 8.24. The van der Waals surface area contributed by atoms with E-state index in [9.17, 15) is 14.4 Å². The van der Waals surface area contributed by atoms with Crippen LogP contribution in [0.3, 0.4) is 0 Å². The van der Waals surface area contributed by atoms with E-state index in [1.54, 1.807) is 0 Å². The molecule has 0 radical (unpaired) electrons. The number of fused-ring (bicyclic) bond motifs is 5. The average Bonchev–Trinajstić information content (AvgIpc) is 2.97. The fourth-order valence-electron chi connectivity index (χ4n) is 8.24. The van der Waals surface area contributed by atoms with Gasteiger partial charge in [-0.1, -0.05) is 13.8 Å². The van der Waals surface area contributed by atoms with Crippen LogP contribution < -0.4 is 0 Å². The van der Waals surface area contributed by atoms with Crippen LogP contribution in [0.5, 0.6) is 0 Å². The van der Waals surface area contributed by atoms with Gasteiger partial charge in [0, 0.05) is 26.7 Å². The molecule has 0 spiro atoms. The topological polar surface area (TPSA) is 78.9 Å². The van der Waals surface area contributed by atoms with E-state index < -0.39 is 0 Å². The summed E-state index contributed by atoms with van der Waals surface area (Å²) in [5.74, 6) is 1.07. The van der Waals surface area contributed by atoms with Crippen LogP contribution in [0.25, 0.3) is 0 Å². The van der Waals surface area contributed by atoms with Gasteiger partial charge in [0.05, 0.1) is 0 Å². The Balaban J connectivity index is 1.61. The van der Waals surface area contributed by atoms with E-state index in [2.05, 4.69) is 13.8 Å². The predicted molar refractivity (Wildman–Crippen MR) is 114 cm³/mol. The largest absolute Gasteiger partial charge is 0.463 e. The molecule has 4 aliphatic rings. The summed E-state index contributed by atoms with van der Waals surface area (Å²) in [5, 5.41) is 0. The minimum atomic E-state index is -0.234. The number of rotatable bonds is 3. The first-order chi connectivity index (χ1) is 14.5. The van der Waals surface area contributed by atoms with E-state index >= 15 is 0 Å². The Kier molecular flexibility index (Phi) is 5.89. The van der Waals surface area contributed by atoms with E-state index in [1.807, 2.05) is 0 Å². The van der Waals surface area contributed by atoms with Gasteiger partial charge in [0.15, 0.2) is 0 Å². The van der Waals surface area contributed by atoms with E-state index in [1.165, 1.54) is 27.2 Å². The van der Waals surface area contributed by atoms with Crippen molar-refractivity contribution < 1.29 is 28.6 Å². The van der Waals surface area contributed by atoms with E-state index in [0.717, 1.165) is 44.9 Å². The van der Waals surface area contributed by atoms with Gasteiger partial charge in [-0.15, -0.1) is 0 Å². The van der Waals surface area contributed by atoms with E-state index in [4.69, 9.17) is 14.2 Å². The van der Waals surface area contributed by atoms with Crippen molar-refractivity contribution in [2.75, 3.05) is 0 Å². The molecule has 6 heteroatoms. The Morgan fingerprint density at radius 2 is 1.32 bits per heavy atom. The van der Waals surface area contributed by atoms with Crippen LogP contribution >= 0.6 is 0 Å². The smallest absolute Gasteiger partial charge is 0.302 e. The standard InChI is InChI=1S/C25H38O6/c1-14(26)29-17-6-9-25(5)20-7-8-24(4)13-18(30-15(2)27)11-21(24)19(20)12-23(22(25)10-17)31-16(3)28/h17-23H,6-13H2,1-5H3/t17-,18-,19-,20-,21-,22-,23+,24-,25-/m1/s1. The molecule has 0 bridgehead atoms. The zero-order valence-electron chi connectivity index (χ0n) is 19.6. The zero-order valence-corrected chi connectivity index (χ0v) is 19.6. The molecular weight excluding hydrogens is 396 g/mol. The highest BCUT2D eigenvalue weighted by molar-refractivity contribution is 5.67. The lowest BCUT2D eigenvalue weighted by Crippen LogP contribution is -2.58. The van der Waals surface area contributed by atoms with Gasteiger partial charge < -0.3 is 14.2 Å². The van der Waals surface area contributed by atoms with Gasteiger partial charge >= 0.3 is 17.9 Å². The lowest BCUT2D eigenvalue weighted by atomic mass is 9.44. The first-order valence-electron chi connectivity index (χ1n) is 12.0. The van der Waals surface area contributed by atoms with Crippen LogP contribution in [-0.2, 0) is 28.6 Å². The van der Waals surface area contributed by atoms with Crippen molar-refractivity contribution in [1.29, 1.82) is 0 Å². The summed E-state index contributed by atoms with van der Waals surface area (Å²) in [6.07, 6.45) is 7.46. The highest BCUT2D eigenvalue weighted by Gasteiger charge is 2.62. The molecule has 0 aromatic rings. The van der Waals surface area contributed by atoms with Crippen molar-refractivity contribution in [3.8, 4) is 0 Å². The molecule has 0 unspecified atom stereocenters. The maximum Gasteiger partial charge on any atom is 0.302 e. The second kappa shape index (κ2) is 8.08. The summed E-state index contributed by atoms with van der Waals surface area (Å²) in [7, 11) is 0. The van der Waals surface area contributed by atoms with Crippen molar-refractivity contribution in [2.45, 2.75) is 104 Å². The normalized spacial score (nSPS) is 46.2. The molecule has 31 heavy (non-hydrogen) atoms. The van der Waals surface area contributed by atoms with Crippen LogP contribution in [0.2, 0.25) is 0 Å². The second-order valence-electron chi connectivity index (χ2n) is 11.2. The van der Waals surface area contributed by atoms with Gasteiger partial charge in [0.1, 0.15) is 18.3 Å². The number of hydrogen-bond acceptors (Lipinski definition) is 6. The molecule has 174 valence electrons. The van der Waals surface area contributed by atoms with Crippen LogP contribution in [-0.4, -0.2) is 36.2 Å². The van der Waals surface area contributed by atoms with E-state index in [-0.39, 0.29) is 53.0 Å². The van der Waals surface area contributed by atoms with Crippen LogP contribution in [0.15, 0.2) is 0 Å². The number of ether oxygens (including phenoxy) is 3. The summed E-state index contributed by atoms with van der Waals surface area (Å²) in [4.78, 5) is 35.2. The van der Waals surface area contributed by atoms with Crippen molar-refractivity contribution in [2.24, 2.45) is 34.5 Å². The Bertz CT molecular complexity index is 748. The van der Waals surface area contributed by atoms with Crippen LogP contribution in [0, 0.1) is 34.5 Å². The molecule has 0 aromatic heterocycles. The third kappa shape index (κ3) is 4.11. The van der Waals surface area contributed by atoms with Crippen molar-refractivity contribution in [1.82, 2.24) is 0 Å². The van der Waals surface area contributed by atoms with Crippen molar-refractivity contribution in [3.63, 3.8) is 0 Å². The number of hydrogen-bond donors (Lipinski definition) is 0. The molecular formula is C25H38O6. The first-order valence-corrected chi connectivity index (χ1v) is 12.0. The molecule has 0 aromatic carbocycles. The molecule has 4 aliphatic carbocycles. The molecule has 0 aliphatic heterocycles. The van der Waals surface area contributed by atoms with Crippen molar-refractivity contribution >= 4 is 17.9 Å². The molecule has 9 atom stereocenters. The summed E-state index contributed by atoms with van der Waals surface area (Å²) in [6, 6.07) is 0. The Morgan fingerprint density at radius 1 is 0.710 bits per heavy atom. The van der Waals surface area contributed by atoms with Gasteiger partial charge in [-0.05, 0) is 80.0 Å². The molecule has 0 heterocycles. The molecule has 0 N–H and O–H groups in total. The zero-order chi connectivity index (χ0) is 22.6. The number of carbonyl (C=O) groups excluding carboxylic acids is 3. The van der Waals surface area contributed by atoms with Crippen LogP contribution in [0.1, 0.15) is 86.0 Å². The molecule has 4 saturated carbocycles. The summed E-state index contributed by atoms with van der Waals surface area (Å²) in [6.45, 7) is 9.21. The van der Waals surface area contributed by atoms with Gasteiger partial charge in [0.2, 0.25) is 0 Å². The Morgan fingerprint density at radius 3 is 1.97 bits per heavy atom. The molecule has 4 rings (SSSR count). The highest BCUT2D eigenvalue weighted by atomic mass is 16.6. The van der Waals surface area contributed by atoms with Gasteiger partial charge in [-0.3, -0.25) is 14.4 Å². The van der Waals surface area contributed by atoms with E-state index in [0.29, 0.717) is 17.8 Å². The Hall–Kier alpha value is -1.59. The highest BCUT2D eigenvalue weighted by Crippen LogP contribution is 2.66. The van der Waals surface area contributed by atoms with Crippen molar-refractivity contribution in [3.05, 3.63) is 0 Å². The third-order valence-corrected chi connectivity index (χ3v) is 9.32. The fraction of sp³-hybridized carbons (Fsp3) is 0.880. The van der Waals surface area contributed by atoms with Gasteiger partial charge in [-0.2, -0.15) is 0 Å². The molecule has 6 nitrogen and oxygen atoms in total. The summed E-state index contributed by atoms with van der Waals surface area (Å²) < 4.78 is 17.2. The quantitative estimate of drug-likeness (QED) is 0.483. The van der Waals surface area contributed by atoms with Gasteiger partial charge in [0.25, 0.3) is 0 Å². The lowest BCUT2D eigenvalue weighted by molar-refractivity contribution is -0.195. The summed E-state index contributed by atoms with van der Waals surface area (Å²) in [5.41, 5.74) is 0.251. The minimum absolute atomic E-state index is 0.00339. The van der Waals surface area contributed by atoms with Gasteiger partial charge in [-0.25, -0.2) is 0 Å². The minimum Gasteiger partial charge on any atom is -0.463 e. The Labute approximate surface area is 185 Å². The second-order valence-corrected chi connectivity index (χ2v) is 11.2. The third-order valence-electron chi connectivity index (χ3n) is 9.32. The first kappa shape index (κ1) is 22.6. The predicted octanol–water partition coefficient (Wildman–Crippen LogP) is 4.43. The van der Waals surface area contributed by atoms with Crippen LogP contribution in [0.4, 0.5) is 0 Å². The maximum absolute atomic E-state index is 12.0. The molecule has 0 amide bonds.